The molecule has 102 valence electrons. The van der Waals surface area contributed by atoms with Crippen LogP contribution in [0, 0.1) is 5.82 Å². The van der Waals surface area contributed by atoms with Crippen molar-refractivity contribution < 1.29 is 13.5 Å². The normalized spacial score (nSPS) is 10.4. The molecular formula is C14H17FN2O2. The summed E-state index contributed by atoms with van der Waals surface area (Å²) in [7, 11) is 0. The van der Waals surface area contributed by atoms with Gasteiger partial charge in [0.1, 0.15) is 5.76 Å². The molecule has 19 heavy (non-hydrogen) atoms. The average Bonchev–Trinajstić information content (AvgIpc) is 2.90. The summed E-state index contributed by atoms with van der Waals surface area (Å²) < 4.78 is 24.1. The van der Waals surface area contributed by atoms with Gasteiger partial charge in [-0.3, -0.25) is 0 Å². The number of ether oxygens (including phenoxy) is 1. The Labute approximate surface area is 111 Å². The van der Waals surface area contributed by atoms with E-state index in [4.69, 9.17) is 14.9 Å². The van der Waals surface area contributed by atoms with E-state index in [0.717, 1.165) is 12.2 Å². The van der Waals surface area contributed by atoms with Gasteiger partial charge in [-0.05, 0) is 18.6 Å². The minimum Gasteiger partial charge on any atom is -0.490 e. The SMILES string of the molecule is CCCOc1cc(NCc2ccco2)c(N)cc1F. The number of halogens is 1. The van der Waals surface area contributed by atoms with Gasteiger partial charge >= 0.3 is 0 Å². The standard InChI is InChI=1S/C14H17FN2O2/c1-2-5-19-14-8-13(12(16)7-11(14)15)17-9-10-4-3-6-18-10/h3-4,6-8,17H,2,5,9,16H2,1H3. The van der Waals surface area contributed by atoms with Crippen LogP contribution in [0.25, 0.3) is 0 Å². The Hall–Kier alpha value is -2.17. The predicted molar refractivity (Wildman–Crippen MR) is 72.6 cm³/mol. The van der Waals surface area contributed by atoms with E-state index in [2.05, 4.69) is 5.32 Å². The molecule has 2 aromatic rings. The third kappa shape index (κ3) is 3.40. The van der Waals surface area contributed by atoms with Crippen LogP contribution >= 0.6 is 0 Å². The lowest BCUT2D eigenvalue weighted by Gasteiger charge is -2.12. The van der Waals surface area contributed by atoms with Crippen LogP contribution in [-0.2, 0) is 6.54 Å². The fourth-order valence-electron chi connectivity index (χ4n) is 1.64. The molecule has 0 bridgehead atoms. The summed E-state index contributed by atoms with van der Waals surface area (Å²) >= 11 is 0. The second kappa shape index (κ2) is 6.13. The lowest BCUT2D eigenvalue weighted by Crippen LogP contribution is -2.04. The number of benzene rings is 1. The lowest BCUT2D eigenvalue weighted by molar-refractivity contribution is 0.301. The van der Waals surface area contributed by atoms with Crippen LogP contribution in [0.1, 0.15) is 19.1 Å². The zero-order valence-electron chi connectivity index (χ0n) is 10.8. The van der Waals surface area contributed by atoms with Crippen molar-refractivity contribution in [3.63, 3.8) is 0 Å². The molecule has 0 fully saturated rings. The van der Waals surface area contributed by atoms with Crippen LogP contribution in [0.3, 0.4) is 0 Å². The molecule has 1 heterocycles. The van der Waals surface area contributed by atoms with Gasteiger partial charge in [0.2, 0.25) is 0 Å². The van der Waals surface area contributed by atoms with Gasteiger partial charge in [-0.2, -0.15) is 0 Å². The van der Waals surface area contributed by atoms with E-state index in [1.54, 1.807) is 18.4 Å². The average molecular weight is 264 g/mol. The van der Waals surface area contributed by atoms with E-state index in [-0.39, 0.29) is 5.75 Å². The Kier molecular flexibility index (Phi) is 4.28. The number of anilines is 2. The maximum atomic E-state index is 13.6. The second-order valence-electron chi connectivity index (χ2n) is 4.15. The van der Waals surface area contributed by atoms with Gasteiger partial charge in [-0.1, -0.05) is 6.92 Å². The quantitative estimate of drug-likeness (QED) is 0.785. The van der Waals surface area contributed by atoms with E-state index in [1.807, 2.05) is 13.0 Å². The number of hydrogen-bond acceptors (Lipinski definition) is 4. The minimum atomic E-state index is -0.450. The summed E-state index contributed by atoms with van der Waals surface area (Å²) in [5, 5.41) is 3.09. The molecule has 0 saturated heterocycles. The van der Waals surface area contributed by atoms with Crippen molar-refractivity contribution >= 4 is 11.4 Å². The van der Waals surface area contributed by atoms with Crippen molar-refractivity contribution in [3.05, 3.63) is 42.1 Å². The van der Waals surface area contributed by atoms with Gasteiger partial charge in [0.05, 0.1) is 30.8 Å². The molecular weight excluding hydrogens is 247 g/mol. The van der Waals surface area contributed by atoms with Crippen LogP contribution in [0.5, 0.6) is 5.75 Å². The lowest BCUT2D eigenvalue weighted by atomic mass is 10.2. The number of hydrogen-bond donors (Lipinski definition) is 2. The molecule has 1 aromatic heterocycles. The number of nitrogens with two attached hydrogens (primary N) is 1. The van der Waals surface area contributed by atoms with Crippen molar-refractivity contribution in [1.82, 2.24) is 0 Å². The summed E-state index contributed by atoms with van der Waals surface area (Å²) in [6.07, 6.45) is 2.42. The Morgan fingerprint density at radius 1 is 1.42 bits per heavy atom. The Bertz CT molecular complexity index is 526. The van der Waals surface area contributed by atoms with Crippen LogP contribution in [-0.4, -0.2) is 6.61 Å². The third-order valence-electron chi connectivity index (χ3n) is 2.60. The van der Waals surface area contributed by atoms with E-state index in [0.29, 0.717) is 24.5 Å². The zero-order chi connectivity index (χ0) is 13.7. The summed E-state index contributed by atoms with van der Waals surface area (Å²) in [6, 6.07) is 6.49. The fraction of sp³-hybridized carbons (Fsp3) is 0.286. The highest BCUT2D eigenvalue weighted by atomic mass is 19.1. The van der Waals surface area contributed by atoms with Crippen molar-refractivity contribution in [3.8, 4) is 5.75 Å². The molecule has 0 amide bonds. The van der Waals surface area contributed by atoms with Crippen LogP contribution in [0.15, 0.2) is 34.9 Å². The smallest absolute Gasteiger partial charge is 0.167 e. The maximum Gasteiger partial charge on any atom is 0.167 e. The largest absolute Gasteiger partial charge is 0.490 e. The molecule has 0 aliphatic heterocycles. The topological polar surface area (TPSA) is 60.4 Å². The van der Waals surface area contributed by atoms with Gasteiger partial charge in [0.15, 0.2) is 11.6 Å². The highest BCUT2D eigenvalue weighted by molar-refractivity contribution is 5.68. The van der Waals surface area contributed by atoms with Crippen LogP contribution in [0.2, 0.25) is 0 Å². The molecule has 0 radical (unpaired) electrons. The van der Waals surface area contributed by atoms with Crippen molar-refractivity contribution in [2.75, 3.05) is 17.7 Å². The molecule has 2 rings (SSSR count). The first-order valence-corrected chi connectivity index (χ1v) is 6.18. The first-order valence-electron chi connectivity index (χ1n) is 6.18. The molecule has 5 heteroatoms. The second-order valence-corrected chi connectivity index (χ2v) is 4.15. The van der Waals surface area contributed by atoms with E-state index >= 15 is 0 Å². The van der Waals surface area contributed by atoms with E-state index in [9.17, 15) is 4.39 Å². The molecule has 3 N–H and O–H groups in total. The number of rotatable bonds is 6. The first-order chi connectivity index (χ1) is 9.20. The van der Waals surface area contributed by atoms with Crippen LogP contribution in [0.4, 0.5) is 15.8 Å². The maximum absolute atomic E-state index is 13.6. The van der Waals surface area contributed by atoms with Gasteiger partial charge in [-0.15, -0.1) is 0 Å². The molecule has 0 unspecified atom stereocenters. The van der Waals surface area contributed by atoms with Crippen molar-refractivity contribution in [1.29, 1.82) is 0 Å². The molecule has 0 spiro atoms. The summed E-state index contributed by atoms with van der Waals surface area (Å²) in [5.74, 6) is 0.534. The Morgan fingerprint density at radius 3 is 2.95 bits per heavy atom. The van der Waals surface area contributed by atoms with Crippen molar-refractivity contribution in [2.24, 2.45) is 0 Å². The summed E-state index contributed by atoms with van der Waals surface area (Å²) in [4.78, 5) is 0. The molecule has 0 aliphatic rings. The molecule has 0 atom stereocenters. The van der Waals surface area contributed by atoms with Gasteiger partial charge in [-0.25, -0.2) is 4.39 Å². The van der Waals surface area contributed by atoms with Crippen molar-refractivity contribution in [2.45, 2.75) is 19.9 Å². The third-order valence-corrected chi connectivity index (χ3v) is 2.60. The number of furan rings is 1. The fourth-order valence-corrected chi connectivity index (χ4v) is 1.64. The first kappa shape index (κ1) is 13.3. The number of nitrogens with one attached hydrogen (secondary N) is 1. The monoisotopic (exact) mass is 264 g/mol. The molecule has 0 aliphatic carbocycles. The Morgan fingerprint density at radius 2 is 2.26 bits per heavy atom. The highest BCUT2D eigenvalue weighted by Gasteiger charge is 2.09. The van der Waals surface area contributed by atoms with Gasteiger partial charge in [0.25, 0.3) is 0 Å². The van der Waals surface area contributed by atoms with E-state index < -0.39 is 5.82 Å². The molecule has 1 aromatic carbocycles. The minimum absolute atomic E-state index is 0.206. The van der Waals surface area contributed by atoms with Gasteiger partial charge in [0, 0.05) is 12.1 Å². The molecule has 0 saturated carbocycles. The van der Waals surface area contributed by atoms with E-state index in [1.165, 1.54) is 6.07 Å². The number of nitrogen functional groups attached to an aromatic ring is 1. The van der Waals surface area contributed by atoms with Crippen LogP contribution < -0.4 is 15.8 Å². The highest BCUT2D eigenvalue weighted by Crippen LogP contribution is 2.28. The summed E-state index contributed by atoms with van der Waals surface area (Å²) in [6.45, 7) is 2.92. The van der Waals surface area contributed by atoms with Gasteiger partial charge < -0.3 is 20.2 Å². The molecule has 4 nitrogen and oxygen atoms in total. The predicted octanol–water partition coefficient (Wildman–Crippen LogP) is 3.40. The summed E-state index contributed by atoms with van der Waals surface area (Å²) in [5.41, 5.74) is 6.74. The Balaban J connectivity index is 2.10. The zero-order valence-corrected chi connectivity index (χ0v) is 10.8.